The van der Waals surface area contributed by atoms with Crippen molar-refractivity contribution in [2.75, 3.05) is 0 Å². The minimum absolute atomic E-state index is 0.480. The van der Waals surface area contributed by atoms with Crippen LogP contribution in [0.15, 0.2) is 0 Å². The highest BCUT2D eigenvalue weighted by molar-refractivity contribution is 14.1. The summed E-state index contributed by atoms with van der Waals surface area (Å²) in [4.78, 5) is 4.91. The van der Waals surface area contributed by atoms with Gasteiger partial charge >= 0.3 is 0 Å². The van der Waals surface area contributed by atoms with Gasteiger partial charge in [0.1, 0.15) is 6.10 Å². The average molecular weight is 504 g/mol. The molecule has 98 valence electrons. The molecular weight excluding hydrogens is 490 g/mol. The maximum absolute atomic E-state index is 10.7. The highest BCUT2D eigenvalue weighted by Gasteiger charge is 2.24. The highest BCUT2D eigenvalue weighted by atomic mass is 127. The van der Waals surface area contributed by atoms with Crippen LogP contribution in [0.1, 0.15) is 36.7 Å². The fourth-order valence-corrected chi connectivity index (χ4v) is 6.38. The SMILES string of the molecule is Cc1sc([C@H](O)c2c(C)sc(C)c2I)c(I)c1C. The van der Waals surface area contributed by atoms with Gasteiger partial charge in [0.15, 0.2) is 0 Å². The van der Waals surface area contributed by atoms with Crippen molar-refractivity contribution in [1.29, 1.82) is 0 Å². The molecule has 1 N–H and O–H groups in total. The summed E-state index contributed by atoms with van der Waals surface area (Å²) in [5.41, 5.74) is 2.39. The normalized spacial score (nSPS) is 13.1. The van der Waals surface area contributed by atoms with Gasteiger partial charge in [-0.25, -0.2) is 0 Å². The lowest BCUT2D eigenvalue weighted by molar-refractivity contribution is 0.222. The third kappa shape index (κ3) is 2.53. The topological polar surface area (TPSA) is 20.2 Å². The minimum Gasteiger partial charge on any atom is -0.383 e. The van der Waals surface area contributed by atoms with E-state index in [0.29, 0.717) is 0 Å². The number of hydrogen-bond donors (Lipinski definition) is 1. The second-order valence-corrected chi connectivity index (χ2v) is 9.15. The van der Waals surface area contributed by atoms with Crippen LogP contribution in [0, 0.1) is 34.8 Å². The van der Waals surface area contributed by atoms with Crippen molar-refractivity contribution >= 4 is 67.9 Å². The number of aliphatic hydroxyl groups is 1. The predicted octanol–water partition coefficient (Wildman–Crippen LogP) is 5.33. The number of aliphatic hydroxyl groups excluding tert-OH is 1. The summed E-state index contributed by atoms with van der Waals surface area (Å²) in [6.07, 6.45) is -0.480. The average Bonchev–Trinajstić information content (AvgIpc) is 2.70. The third-order valence-corrected chi connectivity index (χ3v) is 8.90. The van der Waals surface area contributed by atoms with Crippen LogP contribution in [-0.2, 0) is 0 Å². The molecule has 0 aliphatic heterocycles. The highest BCUT2D eigenvalue weighted by Crippen LogP contribution is 2.41. The summed E-state index contributed by atoms with van der Waals surface area (Å²) in [6, 6.07) is 0. The van der Waals surface area contributed by atoms with E-state index in [1.54, 1.807) is 22.7 Å². The van der Waals surface area contributed by atoms with Crippen LogP contribution in [0.4, 0.5) is 0 Å². The number of hydrogen-bond acceptors (Lipinski definition) is 3. The van der Waals surface area contributed by atoms with E-state index in [1.807, 2.05) is 0 Å². The first kappa shape index (κ1) is 15.2. The van der Waals surface area contributed by atoms with Crippen LogP contribution in [0.2, 0.25) is 0 Å². The monoisotopic (exact) mass is 504 g/mol. The molecule has 0 unspecified atom stereocenters. The first-order valence-electron chi connectivity index (χ1n) is 5.53. The second kappa shape index (κ2) is 5.67. The lowest BCUT2D eigenvalue weighted by atomic mass is 10.1. The molecule has 0 aliphatic rings. The summed E-state index contributed by atoms with van der Waals surface area (Å²) in [6.45, 7) is 8.46. The van der Waals surface area contributed by atoms with Gasteiger partial charge in [-0.05, 0) is 78.4 Å². The van der Waals surface area contributed by atoms with Crippen LogP contribution >= 0.6 is 67.9 Å². The number of aryl methyl sites for hydroxylation is 3. The summed E-state index contributed by atoms with van der Waals surface area (Å²) in [5, 5.41) is 10.7. The molecule has 0 fully saturated rings. The van der Waals surface area contributed by atoms with Gasteiger partial charge in [0, 0.05) is 27.3 Å². The summed E-state index contributed by atoms with van der Waals surface area (Å²) < 4.78 is 2.42. The van der Waals surface area contributed by atoms with Gasteiger partial charge in [-0.15, -0.1) is 22.7 Å². The number of halogens is 2. The van der Waals surface area contributed by atoms with Gasteiger partial charge in [0.05, 0.1) is 4.88 Å². The molecule has 0 aromatic carbocycles. The first-order valence-corrected chi connectivity index (χ1v) is 9.32. The number of thiophene rings is 2. The molecule has 0 aliphatic carbocycles. The first-order chi connectivity index (χ1) is 8.34. The van der Waals surface area contributed by atoms with Gasteiger partial charge < -0.3 is 5.11 Å². The van der Waals surface area contributed by atoms with E-state index >= 15 is 0 Å². The zero-order valence-corrected chi connectivity index (χ0v) is 16.5. The van der Waals surface area contributed by atoms with Crippen molar-refractivity contribution in [2.45, 2.75) is 33.8 Å². The molecule has 5 heteroatoms. The Balaban J connectivity index is 2.54. The van der Waals surface area contributed by atoms with E-state index in [0.717, 1.165) is 10.4 Å². The van der Waals surface area contributed by atoms with Gasteiger partial charge in [-0.3, -0.25) is 0 Å². The quantitative estimate of drug-likeness (QED) is 0.549. The molecule has 2 aromatic rings. The second-order valence-electron chi connectivity index (χ2n) is 4.31. The van der Waals surface area contributed by atoms with E-state index in [2.05, 4.69) is 72.9 Å². The third-order valence-electron chi connectivity index (χ3n) is 3.09. The predicted molar refractivity (Wildman–Crippen MR) is 97.1 cm³/mol. The van der Waals surface area contributed by atoms with Crippen LogP contribution in [0.25, 0.3) is 0 Å². The molecule has 0 bridgehead atoms. The largest absolute Gasteiger partial charge is 0.383 e. The standard InChI is InChI=1S/C13H14I2OS2/c1-5-6(2)18-13(10(5)14)12(16)9-7(3)17-8(4)11(9)15/h12,16H,1-4H3/t12-/m1/s1. The Morgan fingerprint density at radius 3 is 1.89 bits per heavy atom. The molecule has 2 rings (SSSR count). The maximum Gasteiger partial charge on any atom is 0.116 e. The van der Waals surface area contributed by atoms with E-state index in [9.17, 15) is 5.11 Å². The smallest absolute Gasteiger partial charge is 0.116 e. The Labute approximate surface area is 143 Å². The van der Waals surface area contributed by atoms with Crippen molar-refractivity contribution < 1.29 is 5.11 Å². The van der Waals surface area contributed by atoms with Crippen LogP contribution < -0.4 is 0 Å². The van der Waals surface area contributed by atoms with Crippen LogP contribution in [0.3, 0.4) is 0 Å². The van der Waals surface area contributed by atoms with Crippen LogP contribution in [0.5, 0.6) is 0 Å². The maximum atomic E-state index is 10.7. The molecule has 0 saturated heterocycles. The van der Waals surface area contributed by atoms with Gasteiger partial charge in [0.2, 0.25) is 0 Å². The summed E-state index contributed by atoms with van der Waals surface area (Å²) >= 11 is 8.18. The molecule has 1 atom stereocenters. The minimum atomic E-state index is -0.480. The molecule has 2 aromatic heterocycles. The fraction of sp³-hybridized carbons (Fsp3) is 0.385. The Kier molecular flexibility index (Phi) is 4.79. The zero-order valence-electron chi connectivity index (χ0n) is 10.6. The Morgan fingerprint density at radius 2 is 1.50 bits per heavy atom. The lowest BCUT2D eigenvalue weighted by Crippen LogP contribution is -2.01. The van der Waals surface area contributed by atoms with Crippen molar-refractivity contribution in [3.8, 4) is 0 Å². The van der Waals surface area contributed by atoms with Gasteiger partial charge in [-0.1, -0.05) is 0 Å². The molecule has 2 heterocycles. The Morgan fingerprint density at radius 1 is 0.889 bits per heavy atom. The summed E-state index contributed by atoms with van der Waals surface area (Å²) in [5.74, 6) is 0. The Hall–Kier alpha value is 0.820. The van der Waals surface area contributed by atoms with E-state index in [-0.39, 0.29) is 0 Å². The molecule has 0 radical (unpaired) electrons. The van der Waals surface area contributed by atoms with E-state index in [4.69, 9.17) is 0 Å². The molecule has 18 heavy (non-hydrogen) atoms. The molecular formula is C13H14I2OS2. The molecule has 0 spiro atoms. The van der Waals surface area contributed by atoms with Crippen LogP contribution in [-0.4, -0.2) is 5.11 Å². The lowest BCUT2D eigenvalue weighted by Gasteiger charge is -2.11. The summed E-state index contributed by atoms with van der Waals surface area (Å²) in [7, 11) is 0. The van der Waals surface area contributed by atoms with E-state index in [1.165, 1.54) is 27.3 Å². The van der Waals surface area contributed by atoms with Gasteiger partial charge in [0.25, 0.3) is 0 Å². The van der Waals surface area contributed by atoms with Gasteiger partial charge in [-0.2, -0.15) is 0 Å². The zero-order chi connectivity index (χ0) is 13.6. The van der Waals surface area contributed by atoms with Crippen molar-refractivity contribution in [3.05, 3.63) is 37.8 Å². The van der Waals surface area contributed by atoms with Crippen molar-refractivity contribution in [3.63, 3.8) is 0 Å². The molecule has 0 saturated carbocycles. The number of rotatable bonds is 2. The molecule has 1 nitrogen and oxygen atoms in total. The van der Waals surface area contributed by atoms with Crippen molar-refractivity contribution in [1.82, 2.24) is 0 Å². The van der Waals surface area contributed by atoms with Crippen molar-refractivity contribution in [2.24, 2.45) is 0 Å². The Bertz CT molecular complexity index is 599. The van der Waals surface area contributed by atoms with E-state index < -0.39 is 6.10 Å². The molecule has 0 amide bonds. The fourth-order valence-electron chi connectivity index (χ4n) is 1.92.